The van der Waals surface area contributed by atoms with Crippen LogP contribution in [0, 0.1) is 6.92 Å². The van der Waals surface area contributed by atoms with Gasteiger partial charge in [0.2, 0.25) is 0 Å². The summed E-state index contributed by atoms with van der Waals surface area (Å²) in [7, 11) is 3.64. The van der Waals surface area contributed by atoms with Crippen LogP contribution in [-0.2, 0) is 11.2 Å². The van der Waals surface area contributed by atoms with E-state index in [9.17, 15) is 14.7 Å². The van der Waals surface area contributed by atoms with E-state index in [1.807, 2.05) is 44.3 Å². The highest BCUT2D eigenvalue weighted by molar-refractivity contribution is 6.04. The fourth-order valence-electron chi connectivity index (χ4n) is 4.76. The van der Waals surface area contributed by atoms with E-state index < -0.39 is 5.97 Å². The maximum Gasteiger partial charge on any atom is 0.307 e. The van der Waals surface area contributed by atoms with Crippen LogP contribution in [0.5, 0.6) is 17.2 Å². The van der Waals surface area contributed by atoms with E-state index in [0.29, 0.717) is 35.5 Å². The molecule has 190 valence electrons. The quantitative estimate of drug-likeness (QED) is 0.398. The predicted molar refractivity (Wildman–Crippen MR) is 140 cm³/mol. The molecule has 1 atom stereocenters. The van der Waals surface area contributed by atoms with Crippen LogP contribution in [-0.4, -0.2) is 55.0 Å². The lowest BCUT2D eigenvalue weighted by Gasteiger charge is -2.33. The van der Waals surface area contributed by atoms with Gasteiger partial charge in [-0.2, -0.15) is 0 Å². The maximum atomic E-state index is 13.4. The summed E-state index contributed by atoms with van der Waals surface area (Å²) in [5.41, 5.74) is 3.62. The summed E-state index contributed by atoms with van der Waals surface area (Å²) in [5, 5.41) is 9.99. The van der Waals surface area contributed by atoms with Gasteiger partial charge >= 0.3 is 5.97 Å². The number of carbonyl (C=O) groups is 2. The number of likely N-dealkylation sites (N-methyl/N-ethyl adjacent to an activating group) is 1. The van der Waals surface area contributed by atoms with Gasteiger partial charge in [-0.1, -0.05) is 12.1 Å². The molecule has 0 spiro atoms. The summed E-state index contributed by atoms with van der Waals surface area (Å²) in [4.78, 5) is 26.7. The molecule has 1 unspecified atom stereocenters. The summed E-state index contributed by atoms with van der Waals surface area (Å²) in [6.45, 7) is 2.87. The monoisotopic (exact) mass is 500 g/mol. The minimum atomic E-state index is -0.908. The molecule has 1 aromatic heterocycles. The minimum absolute atomic E-state index is 0.0966. The molecule has 1 aliphatic rings. The van der Waals surface area contributed by atoms with Crippen molar-refractivity contribution in [1.29, 1.82) is 0 Å². The van der Waals surface area contributed by atoms with Crippen molar-refractivity contribution in [2.24, 2.45) is 0 Å². The number of ether oxygens (including phenoxy) is 3. The zero-order valence-corrected chi connectivity index (χ0v) is 20.9. The number of methoxy groups -OCH3 is 1. The van der Waals surface area contributed by atoms with Gasteiger partial charge in [0.05, 0.1) is 31.3 Å². The lowest BCUT2D eigenvalue weighted by molar-refractivity contribution is -0.136. The first-order valence-corrected chi connectivity index (χ1v) is 12.0. The third-order valence-corrected chi connectivity index (χ3v) is 6.55. The first-order chi connectivity index (χ1) is 17.8. The van der Waals surface area contributed by atoms with E-state index in [0.717, 1.165) is 28.3 Å². The molecular weight excluding hydrogens is 472 g/mol. The zero-order chi connectivity index (χ0) is 26.1. The number of carboxylic acid groups (broad SMARTS) is 1. The molecule has 0 amide bonds. The Labute approximate surface area is 214 Å². The fourth-order valence-corrected chi connectivity index (χ4v) is 4.76. The van der Waals surface area contributed by atoms with E-state index in [2.05, 4.69) is 4.90 Å². The fraction of sp³-hybridized carbons (Fsp3) is 0.241. The number of hydrogen-bond acceptors (Lipinski definition) is 6. The molecule has 5 rings (SSSR count). The minimum Gasteiger partial charge on any atom is -0.497 e. The molecule has 8 nitrogen and oxygen atoms in total. The van der Waals surface area contributed by atoms with Crippen molar-refractivity contribution in [2.45, 2.75) is 19.4 Å². The number of benzene rings is 3. The standard InChI is InChI=1S/C29H28N2O6/c1-18-13-24-20(14-28(32)33)5-4-6-25(24)31(18)29(34)19-7-9-21(10-8-19)36-17-23-16-30(2)26-12-11-22(35-3)15-27(26)37-23/h4-13,15,23H,14,16-17H2,1-3H3,(H,32,33). The second-order valence-electron chi connectivity index (χ2n) is 9.14. The summed E-state index contributed by atoms with van der Waals surface area (Å²) in [6.07, 6.45) is -0.263. The number of aliphatic carboxylic acids is 1. The molecule has 0 radical (unpaired) electrons. The molecule has 2 heterocycles. The van der Waals surface area contributed by atoms with Crippen LogP contribution in [0.4, 0.5) is 5.69 Å². The molecule has 0 bridgehead atoms. The van der Waals surface area contributed by atoms with Crippen molar-refractivity contribution in [2.75, 3.05) is 32.2 Å². The lowest BCUT2D eigenvalue weighted by Crippen LogP contribution is -2.41. The Morgan fingerprint density at radius 1 is 1.05 bits per heavy atom. The van der Waals surface area contributed by atoms with Crippen LogP contribution < -0.4 is 19.1 Å². The first-order valence-electron chi connectivity index (χ1n) is 12.0. The number of anilines is 1. The Hall–Kier alpha value is -4.46. The highest BCUT2D eigenvalue weighted by Crippen LogP contribution is 2.35. The Bertz CT molecular complexity index is 1470. The van der Waals surface area contributed by atoms with Crippen molar-refractivity contribution < 1.29 is 28.9 Å². The van der Waals surface area contributed by atoms with Gasteiger partial charge in [-0.15, -0.1) is 0 Å². The maximum absolute atomic E-state index is 13.4. The average molecular weight is 501 g/mol. The van der Waals surface area contributed by atoms with E-state index in [1.54, 1.807) is 48.1 Å². The molecule has 1 aliphatic heterocycles. The Morgan fingerprint density at radius 2 is 1.81 bits per heavy atom. The van der Waals surface area contributed by atoms with E-state index >= 15 is 0 Å². The Morgan fingerprint density at radius 3 is 2.54 bits per heavy atom. The van der Waals surface area contributed by atoms with E-state index in [1.165, 1.54) is 0 Å². The molecule has 0 aliphatic carbocycles. The van der Waals surface area contributed by atoms with Crippen molar-refractivity contribution in [1.82, 2.24) is 4.57 Å². The molecular formula is C29H28N2O6. The van der Waals surface area contributed by atoms with Gasteiger partial charge in [0.25, 0.3) is 5.91 Å². The molecule has 0 saturated carbocycles. The lowest BCUT2D eigenvalue weighted by atomic mass is 10.1. The number of rotatable bonds is 7. The molecule has 1 N–H and O–H groups in total. The van der Waals surface area contributed by atoms with Gasteiger partial charge in [-0.3, -0.25) is 14.2 Å². The highest BCUT2D eigenvalue weighted by Gasteiger charge is 2.25. The van der Waals surface area contributed by atoms with Gasteiger partial charge in [0, 0.05) is 29.8 Å². The zero-order valence-electron chi connectivity index (χ0n) is 20.9. The van der Waals surface area contributed by atoms with Crippen LogP contribution in [0.3, 0.4) is 0 Å². The molecule has 8 heteroatoms. The van der Waals surface area contributed by atoms with E-state index in [-0.39, 0.29) is 18.4 Å². The van der Waals surface area contributed by atoms with Crippen LogP contribution in [0.2, 0.25) is 0 Å². The summed E-state index contributed by atoms with van der Waals surface area (Å²) < 4.78 is 19.0. The van der Waals surface area contributed by atoms with Crippen molar-refractivity contribution in [3.8, 4) is 17.2 Å². The number of hydrogen-bond donors (Lipinski definition) is 1. The topological polar surface area (TPSA) is 90.2 Å². The first kappa shape index (κ1) is 24.2. The average Bonchev–Trinajstić information content (AvgIpc) is 3.23. The van der Waals surface area contributed by atoms with Crippen molar-refractivity contribution in [3.05, 3.63) is 83.6 Å². The number of carboxylic acids is 1. The Balaban J connectivity index is 1.29. The molecule has 0 saturated heterocycles. The number of aromatic nitrogens is 1. The van der Waals surface area contributed by atoms with Crippen LogP contribution >= 0.6 is 0 Å². The third kappa shape index (κ3) is 4.82. The molecule has 4 aromatic rings. The SMILES string of the molecule is COc1ccc2c(c1)OC(COc1ccc(C(=O)n3c(C)cc4c(CC(=O)O)cccc43)cc1)CN2C. The normalized spacial score (nSPS) is 14.7. The van der Waals surface area contributed by atoms with Gasteiger partial charge in [-0.25, -0.2) is 0 Å². The second kappa shape index (κ2) is 9.89. The van der Waals surface area contributed by atoms with Crippen LogP contribution in [0.1, 0.15) is 21.6 Å². The van der Waals surface area contributed by atoms with Crippen molar-refractivity contribution >= 4 is 28.5 Å². The number of carbonyl (C=O) groups excluding carboxylic acids is 1. The predicted octanol–water partition coefficient (Wildman–Crippen LogP) is 4.55. The molecule has 37 heavy (non-hydrogen) atoms. The van der Waals surface area contributed by atoms with Crippen LogP contribution in [0.15, 0.2) is 66.7 Å². The summed E-state index contributed by atoms with van der Waals surface area (Å²) in [5.74, 6) is 1.03. The largest absolute Gasteiger partial charge is 0.497 e. The summed E-state index contributed by atoms with van der Waals surface area (Å²) in [6, 6.07) is 20.0. The van der Waals surface area contributed by atoms with Gasteiger partial charge < -0.3 is 24.2 Å². The smallest absolute Gasteiger partial charge is 0.307 e. The molecule has 3 aromatic carbocycles. The third-order valence-electron chi connectivity index (χ3n) is 6.55. The van der Waals surface area contributed by atoms with Gasteiger partial charge in [0.15, 0.2) is 0 Å². The number of nitrogens with zero attached hydrogens (tertiary/aromatic N) is 2. The van der Waals surface area contributed by atoms with Gasteiger partial charge in [0.1, 0.15) is 30.0 Å². The Kier molecular flexibility index (Phi) is 6.48. The van der Waals surface area contributed by atoms with E-state index in [4.69, 9.17) is 14.2 Å². The number of aryl methyl sites for hydroxylation is 1. The van der Waals surface area contributed by atoms with Gasteiger partial charge in [-0.05, 0) is 61.0 Å². The van der Waals surface area contributed by atoms with Crippen molar-refractivity contribution in [3.63, 3.8) is 0 Å². The highest BCUT2D eigenvalue weighted by atomic mass is 16.5. The summed E-state index contributed by atoms with van der Waals surface area (Å²) >= 11 is 0. The second-order valence-corrected chi connectivity index (χ2v) is 9.14. The number of fused-ring (bicyclic) bond motifs is 2. The molecule has 0 fully saturated rings. The van der Waals surface area contributed by atoms with Crippen LogP contribution in [0.25, 0.3) is 10.9 Å².